The zero-order valence-corrected chi connectivity index (χ0v) is 15.0. The first kappa shape index (κ1) is 17.8. The number of nitrogens with one attached hydrogen (secondary N) is 1. The van der Waals surface area contributed by atoms with Crippen molar-refractivity contribution in [3.63, 3.8) is 0 Å². The van der Waals surface area contributed by atoms with Gasteiger partial charge < -0.3 is 15.0 Å². The summed E-state index contributed by atoms with van der Waals surface area (Å²) in [5.41, 5.74) is 2.84. The minimum Gasteiger partial charge on any atom is -0.385 e. The Morgan fingerprint density at radius 2 is 1.88 bits per heavy atom. The molecule has 1 fully saturated rings. The van der Waals surface area contributed by atoms with E-state index >= 15 is 0 Å². The second kappa shape index (κ2) is 8.88. The van der Waals surface area contributed by atoms with Gasteiger partial charge in [-0.05, 0) is 36.6 Å². The van der Waals surface area contributed by atoms with E-state index in [-0.39, 0.29) is 5.91 Å². The van der Waals surface area contributed by atoms with E-state index in [4.69, 9.17) is 16.3 Å². The first-order valence-electron chi connectivity index (χ1n) is 8.68. The number of carbonyl (C=O) groups excluding carboxylic acids is 1. The van der Waals surface area contributed by atoms with Gasteiger partial charge in [0, 0.05) is 25.3 Å². The van der Waals surface area contributed by atoms with Crippen molar-refractivity contribution < 1.29 is 9.53 Å². The predicted octanol–water partition coefficient (Wildman–Crippen LogP) is 3.86. The van der Waals surface area contributed by atoms with Crippen molar-refractivity contribution in [2.45, 2.75) is 12.8 Å². The highest BCUT2D eigenvalue weighted by molar-refractivity contribution is 6.34. The molecule has 2 aromatic carbocycles. The van der Waals surface area contributed by atoms with Gasteiger partial charge in [-0.1, -0.05) is 41.9 Å². The maximum Gasteiger partial charge on any atom is 0.255 e. The Hall–Kier alpha value is -2.04. The third-order valence-corrected chi connectivity index (χ3v) is 4.62. The highest BCUT2D eigenvalue weighted by Gasteiger charge is 2.20. The molecule has 0 unspecified atom stereocenters. The Morgan fingerprint density at radius 1 is 1.12 bits per heavy atom. The van der Waals surface area contributed by atoms with E-state index in [1.54, 1.807) is 11.0 Å². The number of benzene rings is 2. The second-order valence-electron chi connectivity index (χ2n) is 6.12. The van der Waals surface area contributed by atoms with Crippen LogP contribution in [0.15, 0.2) is 48.5 Å². The van der Waals surface area contributed by atoms with E-state index in [0.29, 0.717) is 36.9 Å². The standard InChI is InChI=1S/C20H23ClN2O2/c21-19-15-17(22-10-4-7-16-5-2-1-3-6-16)8-9-18(19)20(24)23-11-13-25-14-12-23/h1-3,5-6,8-9,15,22H,4,7,10-14H2. The molecule has 1 aliphatic rings. The maximum atomic E-state index is 12.5. The van der Waals surface area contributed by atoms with Crippen molar-refractivity contribution in [3.8, 4) is 0 Å². The summed E-state index contributed by atoms with van der Waals surface area (Å²) in [6.07, 6.45) is 2.07. The molecule has 1 saturated heterocycles. The zero-order chi connectivity index (χ0) is 17.5. The lowest BCUT2D eigenvalue weighted by Gasteiger charge is -2.27. The summed E-state index contributed by atoms with van der Waals surface area (Å²) in [5.74, 6) is -0.0241. The molecule has 1 amide bonds. The molecule has 0 radical (unpaired) electrons. The van der Waals surface area contributed by atoms with Gasteiger partial charge in [0.1, 0.15) is 0 Å². The van der Waals surface area contributed by atoms with Crippen LogP contribution in [-0.4, -0.2) is 43.7 Å². The number of hydrogen-bond donors (Lipinski definition) is 1. The number of rotatable bonds is 6. The molecule has 0 saturated carbocycles. The van der Waals surface area contributed by atoms with Crippen LogP contribution >= 0.6 is 11.6 Å². The number of carbonyl (C=O) groups is 1. The van der Waals surface area contributed by atoms with E-state index in [1.165, 1.54) is 5.56 Å². The number of amides is 1. The summed E-state index contributed by atoms with van der Waals surface area (Å²) in [5, 5.41) is 3.86. The van der Waals surface area contributed by atoms with Crippen LogP contribution in [0.2, 0.25) is 5.02 Å². The summed E-state index contributed by atoms with van der Waals surface area (Å²) in [7, 11) is 0. The Morgan fingerprint density at radius 3 is 2.60 bits per heavy atom. The molecule has 1 heterocycles. The topological polar surface area (TPSA) is 41.6 Å². The fourth-order valence-electron chi connectivity index (χ4n) is 2.91. The van der Waals surface area contributed by atoms with Gasteiger partial charge in [-0.2, -0.15) is 0 Å². The molecule has 0 atom stereocenters. The fraction of sp³-hybridized carbons (Fsp3) is 0.350. The molecule has 0 spiro atoms. The Bertz CT molecular complexity index is 700. The van der Waals surface area contributed by atoms with Crippen molar-refractivity contribution in [1.29, 1.82) is 0 Å². The molecule has 1 aliphatic heterocycles. The lowest BCUT2D eigenvalue weighted by Crippen LogP contribution is -2.40. The SMILES string of the molecule is O=C(c1ccc(NCCCc2ccccc2)cc1Cl)N1CCOCC1. The molecule has 2 aromatic rings. The van der Waals surface area contributed by atoms with Gasteiger partial charge in [0.15, 0.2) is 0 Å². The predicted molar refractivity (Wildman–Crippen MR) is 101 cm³/mol. The normalized spacial score (nSPS) is 14.4. The fourth-order valence-corrected chi connectivity index (χ4v) is 3.17. The smallest absolute Gasteiger partial charge is 0.255 e. The van der Waals surface area contributed by atoms with Gasteiger partial charge in [-0.15, -0.1) is 0 Å². The molecule has 132 valence electrons. The number of halogens is 1. The number of morpholine rings is 1. The first-order chi connectivity index (χ1) is 12.2. The van der Waals surface area contributed by atoms with Crippen molar-refractivity contribution in [1.82, 2.24) is 4.90 Å². The van der Waals surface area contributed by atoms with Crippen LogP contribution in [-0.2, 0) is 11.2 Å². The summed E-state index contributed by atoms with van der Waals surface area (Å²) in [6, 6.07) is 16.0. The van der Waals surface area contributed by atoms with Crippen LogP contribution in [0.25, 0.3) is 0 Å². The maximum absolute atomic E-state index is 12.5. The van der Waals surface area contributed by atoms with Crippen LogP contribution in [0.5, 0.6) is 0 Å². The van der Waals surface area contributed by atoms with Crippen molar-refractivity contribution >= 4 is 23.2 Å². The third kappa shape index (κ3) is 4.97. The van der Waals surface area contributed by atoms with Gasteiger partial charge in [0.05, 0.1) is 23.8 Å². The number of aryl methyl sites for hydroxylation is 1. The van der Waals surface area contributed by atoms with Gasteiger partial charge in [-0.3, -0.25) is 4.79 Å². The highest BCUT2D eigenvalue weighted by atomic mass is 35.5. The molecule has 1 N–H and O–H groups in total. The van der Waals surface area contributed by atoms with Crippen molar-refractivity contribution in [2.75, 3.05) is 38.2 Å². The van der Waals surface area contributed by atoms with E-state index in [1.807, 2.05) is 18.2 Å². The lowest BCUT2D eigenvalue weighted by molar-refractivity contribution is 0.0303. The molecule has 0 bridgehead atoms. The average Bonchev–Trinajstić information content (AvgIpc) is 2.66. The van der Waals surface area contributed by atoms with E-state index < -0.39 is 0 Å². The summed E-state index contributed by atoms with van der Waals surface area (Å²) < 4.78 is 5.29. The number of hydrogen-bond acceptors (Lipinski definition) is 3. The van der Waals surface area contributed by atoms with Gasteiger partial charge in [-0.25, -0.2) is 0 Å². The van der Waals surface area contributed by atoms with Gasteiger partial charge in [0.2, 0.25) is 0 Å². The number of nitrogens with zero attached hydrogens (tertiary/aromatic N) is 1. The molecule has 5 heteroatoms. The Labute approximate surface area is 153 Å². The quantitative estimate of drug-likeness (QED) is 0.797. The van der Waals surface area contributed by atoms with Crippen LogP contribution in [0.1, 0.15) is 22.3 Å². The summed E-state index contributed by atoms with van der Waals surface area (Å²) in [4.78, 5) is 14.3. The number of ether oxygens (including phenoxy) is 1. The Kier molecular flexibility index (Phi) is 6.31. The summed E-state index contributed by atoms with van der Waals surface area (Å²) >= 11 is 6.33. The lowest BCUT2D eigenvalue weighted by atomic mass is 10.1. The van der Waals surface area contributed by atoms with E-state index in [2.05, 4.69) is 29.6 Å². The van der Waals surface area contributed by atoms with Crippen LogP contribution in [0.4, 0.5) is 5.69 Å². The van der Waals surface area contributed by atoms with Crippen molar-refractivity contribution in [3.05, 3.63) is 64.7 Å². The molecule has 3 rings (SSSR count). The second-order valence-corrected chi connectivity index (χ2v) is 6.52. The van der Waals surface area contributed by atoms with Crippen LogP contribution in [0.3, 0.4) is 0 Å². The monoisotopic (exact) mass is 358 g/mol. The van der Waals surface area contributed by atoms with Gasteiger partial charge in [0.25, 0.3) is 5.91 Å². The van der Waals surface area contributed by atoms with Crippen LogP contribution in [0, 0.1) is 0 Å². The van der Waals surface area contributed by atoms with Crippen molar-refractivity contribution in [2.24, 2.45) is 0 Å². The Balaban J connectivity index is 1.52. The minimum atomic E-state index is -0.0241. The molecular formula is C20H23ClN2O2. The molecule has 4 nitrogen and oxygen atoms in total. The first-order valence-corrected chi connectivity index (χ1v) is 9.06. The van der Waals surface area contributed by atoms with Gasteiger partial charge >= 0.3 is 0 Å². The average molecular weight is 359 g/mol. The summed E-state index contributed by atoms with van der Waals surface area (Å²) in [6.45, 7) is 3.28. The van der Waals surface area contributed by atoms with E-state index in [0.717, 1.165) is 25.1 Å². The van der Waals surface area contributed by atoms with Crippen LogP contribution < -0.4 is 5.32 Å². The zero-order valence-electron chi connectivity index (χ0n) is 14.2. The van der Waals surface area contributed by atoms with E-state index in [9.17, 15) is 4.79 Å². The molecule has 0 aromatic heterocycles. The molecular weight excluding hydrogens is 336 g/mol. The third-order valence-electron chi connectivity index (χ3n) is 4.31. The highest BCUT2D eigenvalue weighted by Crippen LogP contribution is 2.23. The molecule has 0 aliphatic carbocycles. The largest absolute Gasteiger partial charge is 0.385 e. The minimum absolute atomic E-state index is 0.0241. The number of anilines is 1. The molecule has 25 heavy (non-hydrogen) atoms.